The third kappa shape index (κ3) is 4.90. The van der Waals surface area contributed by atoms with E-state index in [-0.39, 0.29) is 30.5 Å². The van der Waals surface area contributed by atoms with Crippen LogP contribution < -0.4 is 4.74 Å². The zero-order valence-electron chi connectivity index (χ0n) is 17.4. The summed E-state index contributed by atoms with van der Waals surface area (Å²) in [4.78, 5) is 27.0. The van der Waals surface area contributed by atoms with Gasteiger partial charge in [0, 0.05) is 24.9 Å². The van der Waals surface area contributed by atoms with Crippen LogP contribution in [0.5, 0.6) is 5.75 Å². The van der Waals surface area contributed by atoms with Crippen LogP contribution in [0.25, 0.3) is 0 Å². The third-order valence-electron chi connectivity index (χ3n) is 6.30. The lowest BCUT2D eigenvalue weighted by Crippen LogP contribution is -2.41. The van der Waals surface area contributed by atoms with Crippen molar-refractivity contribution in [3.05, 3.63) is 65.7 Å². The van der Waals surface area contributed by atoms with E-state index in [2.05, 4.69) is 17.0 Å². The summed E-state index contributed by atoms with van der Waals surface area (Å²) in [5.41, 5.74) is 2.09. The Kier molecular flexibility index (Phi) is 6.48. The minimum atomic E-state index is -0.285. The Morgan fingerprint density at radius 2 is 1.83 bits per heavy atom. The number of carbonyl (C=O) groups is 2. The summed E-state index contributed by atoms with van der Waals surface area (Å²) in [5.74, 6) is 1.22. The second-order valence-electron chi connectivity index (χ2n) is 8.42. The first-order chi connectivity index (χ1) is 14.7. The molecule has 0 radical (unpaired) electrons. The molecule has 30 heavy (non-hydrogen) atoms. The zero-order valence-corrected chi connectivity index (χ0v) is 17.4. The van der Waals surface area contributed by atoms with Crippen LogP contribution >= 0.6 is 0 Å². The molecule has 0 amide bonds. The molecule has 0 bridgehead atoms. The first kappa shape index (κ1) is 20.6. The zero-order chi connectivity index (χ0) is 20.9. The molecule has 0 unspecified atom stereocenters. The minimum Gasteiger partial charge on any atom is -0.497 e. The molecule has 4 rings (SSSR count). The molecule has 2 aliphatic rings. The van der Waals surface area contributed by atoms with Gasteiger partial charge in [-0.05, 0) is 35.6 Å². The number of ether oxygens (including phenoxy) is 2. The van der Waals surface area contributed by atoms with Crippen molar-refractivity contribution in [2.75, 3.05) is 20.2 Å². The number of methoxy groups -OCH3 is 1. The van der Waals surface area contributed by atoms with Gasteiger partial charge in [-0.25, -0.2) is 0 Å². The summed E-state index contributed by atoms with van der Waals surface area (Å²) in [5, 5.41) is 0. The maximum atomic E-state index is 13.1. The monoisotopic (exact) mass is 407 g/mol. The molecular formula is C25H29NO4. The van der Waals surface area contributed by atoms with Gasteiger partial charge in [0.25, 0.3) is 0 Å². The van der Waals surface area contributed by atoms with Crippen molar-refractivity contribution in [3.8, 4) is 5.75 Å². The van der Waals surface area contributed by atoms with Crippen LogP contribution in [0.15, 0.2) is 54.6 Å². The Morgan fingerprint density at radius 1 is 1.10 bits per heavy atom. The van der Waals surface area contributed by atoms with E-state index in [1.54, 1.807) is 7.11 Å². The lowest BCUT2D eigenvalue weighted by atomic mass is 9.90. The number of esters is 1. The highest BCUT2D eigenvalue weighted by molar-refractivity contribution is 5.76. The molecule has 2 aromatic carbocycles. The molecule has 2 fully saturated rings. The second kappa shape index (κ2) is 9.43. The van der Waals surface area contributed by atoms with E-state index in [1.807, 2.05) is 42.5 Å². The average Bonchev–Trinajstić information content (AvgIpc) is 3.52. The van der Waals surface area contributed by atoms with E-state index < -0.39 is 0 Å². The predicted octanol–water partition coefficient (Wildman–Crippen LogP) is 3.82. The molecule has 1 saturated carbocycles. The fraction of sp³-hybridized carbons (Fsp3) is 0.440. The highest BCUT2D eigenvalue weighted by Crippen LogP contribution is 2.38. The summed E-state index contributed by atoms with van der Waals surface area (Å²) in [6.45, 7) is 1.57. The molecule has 1 aliphatic carbocycles. The maximum Gasteiger partial charge on any atom is 0.323 e. The molecule has 0 spiro atoms. The first-order valence-corrected chi connectivity index (χ1v) is 10.7. The van der Waals surface area contributed by atoms with Crippen LogP contribution in [0, 0.1) is 11.8 Å². The van der Waals surface area contributed by atoms with Gasteiger partial charge in [0.1, 0.15) is 24.7 Å². The van der Waals surface area contributed by atoms with Gasteiger partial charge in [-0.2, -0.15) is 0 Å². The molecule has 2 aromatic rings. The van der Waals surface area contributed by atoms with E-state index in [0.717, 1.165) is 29.6 Å². The van der Waals surface area contributed by atoms with Gasteiger partial charge >= 0.3 is 5.97 Å². The Labute approximate surface area is 178 Å². The van der Waals surface area contributed by atoms with Gasteiger partial charge in [0.15, 0.2) is 0 Å². The highest BCUT2D eigenvalue weighted by Gasteiger charge is 2.41. The molecule has 5 nitrogen and oxygen atoms in total. The van der Waals surface area contributed by atoms with Crippen LogP contribution in [0.4, 0.5) is 0 Å². The van der Waals surface area contributed by atoms with Crippen molar-refractivity contribution in [3.63, 3.8) is 0 Å². The minimum absolute atomic E-state index is 0.0940. The van der Waals surface area contributed by atoms with Crippen LogP contribution in [-0.4, -0.2) is 43.4 Å². The average molecular weight is 408 g/mol. The number of nitrogens with zero attached hydrogens (tertiary/aromatic N) is 1. The molecule has 1 heterocycles. The summed E-state index contributed by atoms with van der Waals surface area (Å²) >= 11 is 0. The normalized spacial score (nSPS) is 22.4. The third-order valence-corrected chi connectivity index (χ3v) is 6.30. The Hall–Kier alpha value is -2.66. The SMILES string of the molecule is COc1ccc(COC(=O)[C@@H](CC2CC2)N2C[C@H](c3ccccc3)[C@@H](C=O)C2)cc1. The second-order valence-corrected chi connectivity index (χ2v) is 8.42. The number of likely N-dealkylation sites (tertiary alicyclic amines) is 1. The van der Waals surface area contributed by atoms with Gasteiger partial charge < -0.3 is 14.3 Å². The fourth-order valence-electron chi connectivity index (χ4n) is 4.34. The lowest BCUT2D eigenvalue weighted by molar-refractivity contribution is -0.151. The Balaban J connectivity index is 1.43. The first-order valence-electron chi connectivity index (χ1n) is 10.7. The van der Waals surface area contributed by atoms with Crippen molar-refractivity contribution >= 4 is 12.3 Å². The Morgan fingerprint density at radius 3 is 2.47 bits per heavy atom. The van der Waals surface area contributed by atoms with E-state index in [0.29, 0.717) is 19.0 Å². The lowest BCUT2D eigenvalue weighted by Gasteiger charge is -2.26. The largest absolute Gasteiger partial charge is 0.497 e. The van der Waals surface area contributed by atoms with Gasteiger partial charge in [-0.15, -0.1) is 0 Å². The van der Waals surface area contributed by atoms with Crippen LogP contribution in [-0.2, 0) is 20.9 Å². The van der Waals surface area contributed by atoms with Crippen molar-refractivity contribution < 1.29 is 19.1 Å². The summed E-state index contributed by atoms with van der Waals surface area (Å²) in [7, 11) is 1.63. The highest BCUT2D eigenvalue weighted by atomic mass is 16.5. The summed E-state index contributed by atoms with van der Waals surface area (Å²) < 4.78 is 10.9. The maximum absolute atomic E-state index is 13.1. The van der Waals surface area contributed by atoms with Gasteiger partial charge in [-0.1, -0.05) is 55.3 Å². The van der Waals surface area contributed by atoms with E-state index in [4.69, 9.17) is 9.47 Å². The molecule has 5 heteroatoms. The van der Waals surface area contributed by atoms with Gasteiger partial charge in [0.05, 0.1) is 7.11 Å². The van der Waals surface area contributed by atoms with Crippen molar-refractivity contribution in [2.45, 2.75) is 37.8 Å². The number of carbonyl (C=O) groups excluding carboxylic acids is 2. The molecule has 3 atom stereocenters. The molecule has 158 valence electrons. The number of rotatable bonds is 9. The number of hydrogen-bond donors (Lipinski definition) is 0. The molecule has 1 aliphatic heterocycles. The van der Waals surface area contributed by atoms with E-state index >= 15 is 0 Å². The van der Waals surface area contributed by atoms with Crippen molar-refractivity contribution in [1.82, 2.24) is 4.90 Å². The predicted molar refractivity (Wildman–Crippen MR) is 114 cm³/mol. The smallest absolute Gasteiger partial charge is 0.323 e. The van der Waals surface area contributed by atoms with Crippen LogP contribution in [0.3, 0.4) is 0 Å². The van der Waals surface area contributed by atoms with Gasteiger partial charge in [-0.3, -0.25) is 9.69 Å². The topological polar surface area (TPSA) is 55.8 Å². The molecular weight excluding hydrogens is 378 g/mol. The number of hydrogen-bond acceptors (Lipinski definition) is 5. The summed E-state index contributed by atoms with van der Waals surface area (Å²) in [6, 6.07) is 17.4. The van der Waals surface area contributed by atoms with Crippen molar-refractivity contribution in [1.29, 1.82) is 0 Å². The number of benzene rings is 2. The number of aldehydes is 1. The van der Waals surface area contributed by atoms with Crippen molar-refractivity contribution in [2.24, 2.45) is 11.8 Å². The van der Waals surface area contributed by atoms with E-state index in [1.165, 1.54) is 12.8 Å². The van der Waals surface area contributed by atoms with E-state index in [9.17, 15) is 9.59 Å². The van der Waals surface area contributed by atoms with Crippen LogP contribution in [0.1, 0.15) is 36.3 Å². The van der Waals surface area contributed by atoms with Crippen LogP contribution in [0.2, 0.25) is 0 Å². The van der Waals surface area contributed by atoms with Gasteiger partial charge in [0.2, 0.25) is 0 Å². The quantitative estimate of drug-likeness (QED) is 0.467. The Bertz CT molecular complexity index is 847. The fourth-order valence-corrected chi connectivity index (χ4v) is 4.34. The standard InChI is InChI=1S/C25H29NO4/c1-29-22-11-9-19(10-12-22)17-30-25(28)24(13-18-7-8-18)26-14-21(16-27)23(15-26)20-5-3-2-4-6-20/h2-6,9-12,16,18,21,23-24H,7-8,13-15,17H2,1H3/t21-,23-,24-/m1/s1. The molecule has 1 saturated heterocycles. The summed E-state index contributed by atoms with van der Waals surface area (Å²) in [6.07, 6.45) is 4.22. The molecule has 0 N–H and O–H groups in total. The molecule has 0 aromatic heterocycles.